The van der Waals surface area contributed by atoms with Crippen LogP contribution in [0.4, 0.5) is 22.7 Å². The van der Waals surface area contributed by atoms with Crippen LogP contribution in [0.3, 0.4) is 0 Å². The van der Waals surface area contributed by atoms with Gasteiger partial charge in [-0.25, -0.2) is 0 Å². The molecule has 10 nitrogen and oxygen atoms in total. The number of carbonyl (C=O) groups excluding carboxylic acids is 1. The molecule has 0 radical (unpaired) electrons. The molecule has 0 aliphatic rings. The van der Waals surface area contributed by atoms with Gasteiger partial charge in [-0.3, -0.25) is 10.1 Å². The zero-order valence-electron chi connectivity index (χ0n) is 20.5. The first-order valence-corrected chi connectivity index (χ1v) is 14.1. The van der Waals surface area contributed by atoms with Crippen molar-refractivity contribution in [2.45, 2.75) is 4.43 Å². The number of anilines is 4. The summed E-state index contributed by atoms with van der Waals surface area (Å²) in [5.41, 5.74) is 27.9. The summed E-state index contributed by atoms with van der Waals surface area (Å²) < 4.78 is 12.2. The number of nitrogens with zero attached hydrogens (tertiary/aromatic N) is 1. The van der Waals surface area contributed by atoms with Gasteiger partial charge in [0.25, 0.3) is 0 Å². The van der Waals surface area contributed by atoms with E-state index in [0.717, 1.165) is 11.8 Å². The van der Waals surface area contributed by atoms with Gasteiger partial charge < -0.3 is 0 Å². The first-order chi connectivity index (χ1) is 18.7. The van der Waals surface area contributed by atoms with Gasteiger partial charge in [0.2, 0.25) is 0 Å². The van der Waals surface area contributed by atoms with Gasteiger partial charge in [-0.05, 0) is 0 Å². The number of para-hydroxylation sites is 1. The molecule has 0 spiro atoms. The van der Waals surface area contributed by atoms with E-state index in [4.69, 9.17) is 32.4 Å². The van der Waals surface area contributed by atoms with Crippen LogP contribution < -0.4 is 53.6 Å². The van der Waals surface area contributed by atoms with E-state index in [1.165, 1.54) is 6.08 Å². The molecule has 0 aliphatic carbocycles. The zero-order chi connectivity index (χ0) is 27.9. The molecule has 4 aromatic carbocycles. The molecule has 0 atom stereocenters. The van der Waals surface area contributed by atoms with Crippen LogP contribution in [-0.4, -0.2) is 8.71 Å². The Hall–Kier alpha value is -4.78. The second kappa shape index (κ2) is 12.2. The second-order valence-electron chi connectivity index (χ2n) is 8.26. The SMILES string of the molecule is Nc1cccc(N)c1Oc1ccc(C(=O)[I-]Cc2ccc(N)c(Oc3ccc(/C=C/[N+](=O)[O-])cc3)c2N)cc1. The van der Waals surface area contributed by atoms with E-state index in [-0.39, 0.29) is 3.79 Å². The molecule has 0 heterocycles. The molecule has 4 aromatic rings. The summed E-state index contributed by atoms with van der Waals surface area (Å²) in [6.07, 6.45) is 2.24. The first-order valence-electron chi connectivity index (χ1n) is 11.5. The number of hydrogen-bond acceptors (Lipinski definition) is 9. The Morgan fingerprint density at radius 3 is 1.97 bits per heavy atom. The van der Waals surface area contributed by atoms with Crippen molar-refractivity contribution in [3.63, 3.8) is 0 Å². The monoisotopic (exact) mass is 638 g/mol. The van der Waals surface area contributed by atoms with Gasteiger partial charge in [0.1, 0.15) is 0 Å². The van der Waals surface area contributed by atoms with Crippen molar-refractivity contribution in [3.8, 4) is 23.0 Å². The normalized spacial score (nSPS) is 11.0. The standard InChI is InChI=1S/C28H25IN5O5/c30-22-2-1-3-23(31)26(22)38-21-11-6-18(7-12-21)28(35)29-16-19-8-13-24(32)27(25(19)33)39-20-9-4-17(5-10-20)14-15-34(36)37/h1-15H,16,30-33H2/q-1/b15-14+. The Kier molecular flexibility index (Phi) is 8.51. The molecule has 0 aliphatic heterocycles. The minimum atomic E-state index is -0.938. The Labute approximate surface area is 234 Å². The number of halogens is 1. The summed E-state index contributed by atoms with van der Waals surface area (Å²) in [6.45, 7) is 0. The number of benzene rings is 4. The predicted molar refractivity (Wildman–Crippen MR) is 148 cm³/mol. The van der Waals surface area contributed by atoms with Crippen LogP contribution >= 0.6 is 0 Å². The van der Waals surface area contributed by atoms with E-state index in [9.17, 15) is 14.9 Å². The van der Waals surface area contributed by atoms with E-state index >= 15 is 0 Å². The fourth-order valence-corrected chi connectivity index (χ4v) is 5.69. The third kappa shape index (κ3) is 6.96. The van der Waals surface area contributed by atoms with Gasteiger partial charge in [-0.2, -0.15) is 0 Å². The summed E-state index contributed by atoms with van der Waals surface area (Å²) in [6, 6.07) is 22.1. The van der Waals surface area contributed by atoms with Crippen molar-refractivity contribution >= 4 is 32.6 Å². The Morgan fingerprint density at radius 2 is 1.36 bits per heavy atom. The number of hydrogen-bond donors (Lipinski definition) is 4. The molecule has 4 rings (SSSR count). The summed E-state index contributed by atoms with van der Waals surface area (Å²) in [4.78, 5) is 22.9. The van der Waals surface area contributed by atoms with Crippen LogP contribution in [0.1, 0.15) is 21.5 Å². The molecule has 0 fully saturated rings. The number of ether oxygens (including phenoxy) is 2. The zero-order valence-corrected chi connectivity index (χ0v) is 22.7. The quantitative estimate of drug-likeness (QED) is 0.0506. The number of rotatable bonds is 10. The van der Waals surface area contributed by atoms with Crippen molar-refractivity contribution in [1.82, 2.24) is 0 Å². The number of nitrogens with two attached hydrogens (primary N) is 4. The Morgan fingerprint density at radius 1 is 0.795 bits per heavy atom. The predicted octanol–water partition coefficient (Wildman–Crippen LogP) is 2.28. The molecular formula is C28H25IN5O5-. The molecule has 0 aromatic heterocycles. The maximum atomic E-state index is 12.9. The average molecular weight is 638 g/mol. The fourth-order valence-electron chi connectivity index (χ4n) is 3.47. The summed E-state index contributed by atoms with van der Waals surface area (Å²) in [5.74, 6) is 1.67. The van der Waals surface area contributed by atoms with E-state index in [2.05, 4.69) is 0 Å². The third-order valence-electron chi connectivity index (χ3n) is 5.51. The van der Waals surface area contributed by atoms with Gasteiger partial charge in [0.15, 0.2) is 0 Å². The number of nitrogen functional groups attached to an aromatic ring is 4. The summed E-state index contributed by atoms with van der Waals surface area (Å²) >= 11 is -0.938. The van der Waals surface area contributed by atoms with Gasteiger partial charge in [0.05, 0.1) is 0 Å². The van der Waals surface area contributed by atoms with E-state index < -0.39 is 26.1 Å². The molecule has 11 heteroatoms. The topological polar surface area (TPSA) is 183 Å². The van der Waals surface area contributed by atoms with Crippen molar-refractivity contribution < 1.29 is 40.4 Å². The molecule has 8 N–H and O–H groups in total. The molecule has 0 saturated carbocycles. The molecule has 39 heavy (non-hydrogen) atoms. The Balaban J connectivity index is 1.40. The van der Waals surface area contributed by atoms with E-state index in [0.29, 0.717) is 61.3 Å². The fraction of sp³-hybridized carbons (Fsp3) is 0.0357. The number of nitro groups is 1. The van der Waals surface area contributed by atoms with Crippen LogP contribution in [-0.2, 0) is 4.43 Å². The molecule has 0 unspecified atom stereocenters. The minimum absolute atomic E-state index is 0.0381. The number of alkyl halides is 1. The van der Waals surface area contributed by atoms with E-state index in [1.807, 2.05) is 0 Å². The van der Waals surface area contributed by atoms with Gasteiger partial charge >= 0.3 is 225 Å². The van der Waals surface area contributed by atoms with Crippen molar-refractivity contribution in [2.75, 3.05) is 22.9 Å². The van der Waals surface area contributed by atoms with Gasteiger partial charge in [-0.1, -0.05) is 0 Å². The maximum absolute atomic E-state index is 12.9. The Bertz CT molecular complexity index is 1520. The van der Waals surface area contributed by atoms with Crippen molar-refractivity contribution in [2.24, 2.45) is 0 Å². The molecule has 0 bridgehead atoms. The average Bonchev–Trinajstić information content (AvgIpc) is 2.92. The first kappa shape index (κ1) is 27.3. The van der Waals surface area contributed by atoms with Crippen LogP contribution in [0.15, 0.2) is 85.1 Å². The molecular weight excluding hydrogens is 613 g/mol. The number of carbonyl (C=O) groups is 1. The second-order valence-corrected chi connectivity index (χ2v) is 10.8. The van der Waals surface area contributed by atoms with Crippen LogP contribution in [0.5, 0.6) is 23.0 Å². The van der Waals surface area contributed by atoms with Crippen molar-refractivity contribution in [3.05, 3.63) is 112 Å². The van der Waals surface area contributed by atoms with Crippen molar-refractivity contribution in [1.29, 1.82) is 0 Å². The van der Waals surface area contributed by atoms with Gasteiger partial charge in [0, 0.05) is 0 Å². The van der Waals surface area contributed by atoms with E-state index in [1.54, 1.807) is 78.9 Å². The third-order valence-corrected chi connectivity index (χ3v) is 8.03. The molecule has 200 valence electrons. The van der Waals surface area contributed by atoms with Crippen LogP contribution in [0, 0.1) is 10.1 Å². The van der Waals surface area contributed by atoms with Crippen LogP contribution in [0.25, 0.3) is 6.08 Å². The van der Waals surface area contributed by atoms with Crippen LogP contribution in [0.2, 0.25) is 0 Å². The molecule has 0 amide bonds. The summed E-state index contributed by atoms with van der Waals surface area (Å²) in [5, 5.41) is 10.5. The summed E-state index contributed by atoms with van der Waals surface area (Å²) in [7, 11) is 0. The molecule has 0 saturated heterocycles. The van der Waals surface area contributed by atoms with Gasteiger partial charge in [-0.15, -0.1) is 0 Å².